The minimum atomic E-state index is -0.416. The van der Waals surface area contributed by atoms with Crippen LogP contribution in [-0.2, 0) is 6.61 Å². The molecule has 0 unspecified atom stereocenters. The molecule has 0 aliphatic carbocycles. The highest BCUT2D eigenvalue weighted by atomic mass is 19.1. The predicted molar refractivity (Wildman–Crippen MR) is 68.3 cm³/mol. The van der Waals surface area contributed by atoms with Crippen molar-refractivity contribution < 1.29 is 14.2 Å². The van der Waals surface area contributed by atoms with E-state index in [4.69, 9.17) is 9.84 Å². The molecule has 0 aliphatic rings. The highest BCUT2D eigenvalue weighted by molar-refractivity contribution is 5.38. The predicted octanol–water partition coefficient (Wildman–Crippen LogP) is 3.73. The number of hydrogen-bond acceptors (Lipinski definition) is 2. The zero-order valence-electron chi connectivity index (χ0n) is 10.4. The standard InChI is InChI=1S/C15H15FO2/c1-10-3-11(2)5-14(4-10)18-15-7-12(9-17)6-13(16)8-15/h3-8,17H,9H2,1-2H3. The number of aryl methyl sites for hydroxylation is 2. The Balaban J connectivity index is 2.30. The Bertz CT molecular complexity index is 544. The van der Waals surface area contributed by atoms with Gasteiger partial charge in [0.2, 0.25) is 0 Å². The highest BCUT2D eigenvalue weighted by Gasteiger charge is 2.03. The monoisotopic (exact) mass is 246 g/mol. The normalized spacial score (nSPS) is 10.4. The van der Waals surface area contributed by atoms with Gasteiger partial charge in [-0.3, -0.25) is 0 Å². The first-order valence-electron chi connectivity index (χ1n) is 5.73. The van der Waals surface area contributed by atoms with E-state index in [2.05, 4.69) is 0 Å². The van der Waals surface area contributed by atoms with Gasteiger partial charge in [-0.1, -0.05) is 6.07 Å². The van der Waals surface area contributed by atoms with Crippen LogP contribution in [0.2, 0.25) is 0 Å². The number of rotatable bonds is 3. The first kappa shape index (κ1) is 12.6. The van der Waals surface area contributed by atoms with E-state index in [0.717, 1.165) is 11.1 Å². The minimum Gasteiger partial charge on any atom is -0.457 e. The summed E-state index contributed by atoms with van der Waals surface area (Å²) in [4.78, 5) is 0. The Kier molecular flexibility index (Phi) is 3.63. The second-order valence-corrected chi connectivity index (χ2v) is 4.38. The van der Waals surface area contributed by atoms with Gasteiger partial charge in [-0.05, 0) is 54.8 Å². The minimum absolute atomic E-state index is 0.207. The van der Waals surface area contributed by atoms with Crippen molar-refractivity contribution in [2.75, 3.05) is 0 Å². The first-order chi connectivity index (χ1) is 8.56. The lowest BCUT2D eigenvalue weighted by Gasteiger charge is -2.09. The van der Waals surface area contributed by atoms with E-state index < -0.39 is 5.82 Å². The van der Waals surface area contributed by atoms with Crippen LogP contribution in [0.3, 0.4) is 0 Å². The highest BCUT2D eigenvalue weighted by Crippen LogP contribution is 2.25. The Morgan fingerprint density at radius 2 is 1.56 bits per heavy atom. The summed E-state index contributed by atoms with van der Waals surface area (Å²) in [6.07, 6.45) is 0. The molecule has 0 saturated heterocycles. The third-order valence-corrected chi connectivity index (χ3v) is 2.54. The van der Waals surface area contributed by atoms with E-state index in [9.17, 15) is 4.39 Å². The molecule has 18 heavy (non-hydrogen) atoms. The van der Waals surface area contributed by atoms with Crippen molar-refractivity contribution in [3.63, 3.8) is 0 Å². The molecule has 2 nitrogen and oxygen atoms in total. The number of halogens is 1. The Labute approximate surface area is 106 Å². The molecular formula is C15H15FO2. The summed E-state index contributed by atoms with van der Waals surface area (Å²) >= 11 is 0. The Morgan fingerprint density at radius 3 is 2.17 bits per heavy atom. The zero-order valence-corrected chi connectivity index (χ0v) is 10.4. The molecule has 0 fully saturated rings. The van der Waals surface area contributed by atoms with Crippen molar-refractivity contribution in [1.82, 2.24) is 0 Å². The summed E-state index contributed by atoms with van der Waals surface area (Å²) in [5.41, 5.74) is 2.67. The molecule has 2 rings (SSSR count). The average molecular weight is 246 g/mol. The molecule has 2 aromatic rings. The maximum absolute atomic E-state index is 13.3. The molecule has 3 heteroatoms. The number of ether oxygens (including phenoxy) is 1. The van der Waals surface area contributed by atoms with Crippen LogP contribution < -0.4 is 4.74 Å². The fraction of sp³-hybridized carbons (Fsp3) is 0.200. The van der Waals surface area contributed by atoms with Crippen LogP contribution in [0.15, 0.2) is 36.4 Å². The first-order valence-corrected chi connectivity index (χ1v) is 5.73. The van der Waals surface area contributed by atoms with Crippen LogP contribution in [0, 0.1) is 19.7 Å². The fourth-order valence-electron chi connectivity index (χ4n) is 1.90. The molecule has 0 aromatic heterocycles. The van der Waals surface area contributed by atoms with E-state index in [1.165, 1.54) is 12.1 Å². The van der Waals surface area contributed by atoms with Crippen molar-refractivity contribution in [3.8, 4) is 11.5 Å². The number of aliphatic hydroxyl groups is 1. The summed E-state index contributed by atoms with van der Waals surface area (Å²) in [6, 6.07) is 10.0. The van der Waals surface area contributed by atoms with Crippen molar-refractivity contribution in [1.29, 1.82) is 0 Å². The van der Waals surface area contributed by atoms with Crippen molar-refractivity contribution >= 4 is 0 Å². The summed E-state index contributed by atoms with van der Waals surface area (Å²) in [5, 5.41) is 9.02. The lowest BCUT2D eigenvalue weighted by atomic mass is 10.1. The smallest absolute Gasteiger partial charge is 0.130 e. The van der Waals surface area contributed by atoms with E-state index in [0.29, 0.717) is 17.1 Å². The third-order valence-electron chi connectivity index (χ3n) is 2.54. The van der Waals surface area contributed by atoms with Gasteiger partial charge in [-0.25, -0.2) is 4.39 Å². The van der Waals surface area contributed by atoms with Gasteiger partial charge in [0.1, 0.15) is 17.3 Å². The molecule has 0 saturated carbocycles. The second kappa shape index (κ2) is 5.19. The van der Waals surface area contributed by atoms with Gasteiger partial charge in [-0.2, -0.15) is 0 Å². The van der Waals surface area contributed by atoms with Gasteiger partial charge in [0.15, 0.2) is 0 Å². The van der Waals surface area contributed by atoms with Crippen molar-refractivity contribution in [2.24, 2.45) is 0 Å². The number of aliphatic hydroxyl groups excluding tert-OH is 1. The van der Waals surface area contributed by atoms with Gasteiger partial charge in [0.05, 0.1) is 6.61 Å². The van der Waals surface area contributed by atoms with Gasteiger partial charge in [-0.15, -0.1) is 0 Å². The number of benzene rings is 2. The van der Waals surface area contributed by atoms with Gasteiger partial charge in [0, 0.05) is 6.07 Å². The van der Waals surface area contributed by atoms with Crippen molar-refractivity contribution in [3.05, 3.63) is 58.9 Å². The molecule has 0 amide bonds. The molecule has 0 radical (unpaired) electrons. The van der Waals surface area contributed by atoms with Crippen LogP contribution in [0.1, 0.15) is 16.7 Å². The molecule has 0 spiro atoms. The Hall–Kier alpha value is -1.87. The summed E-state index contributed by atoms with van der Waals surface area (Å²) < 4.78 is 18.9. The van der Waals surface area contributed by atoms with Gasteiger partial charge >= 0.3 is 0 Å². The van der Waals surface area contributed by atoms with Crippen LogP contribution in [0.4, 0.5) is 4.39 Å². The maximum Gasteiger partial charge on any atom is 0.130 e. The van der Waals surface area contributed by atoms with Crippen LogP contribution in [0.25, 0.3) is 0 Å². The van der Waals surface area contributed by atoms with E-state index in [-0.39, 0.29) is 6.61 Å². The third kappa shape index (κ3) is 3.08. The lowest BCUT2D eigenvalue weighted by Crippen LogP contribution is -1.91. The molecule has 94 valence electrons. The average Bonchev–Trinajstić information content (AvgIpc) is 2.26. The van der Waals surface area contributed by atoms with Gasteiger partial charge < -0.3 is 9.84 Å². The SMILES string of the molecule is Cc1cc(C)cc(Oc2cc(F)cc(CO)c2)c1. The molecule has 1 N–H and O–H groups in total. The molecule has 0 heterocycles. The zero-order chi connectivity index (χ0) is 13.1. The number of hydrogen-bond donors (Lipinski definition) is 1. The van der Waals surface area contributed by atoms with Crippen LogP contribution in [0.5, 0.6) is 11.5 Å². The molecule has 0 atom stereocenters. The topological polar surface area (TPSA) is 29.5 Å². The van der Waals surface area contributed by atoms with E-state index >= 15 is 0 Å². The molecular weight excluding hydrogens is 231 g/mol. The maximum atomic E-state index is 13.3. The van der Waals surface area contributed by atoms with Crippen molar-refractivity contribution in [2.45, 2.75) is 20.5 Å². The lowest BCUT2D eigenvalue weighted by molar-refractivity contribution is 0.280. The van der Waals surface area contributed by atoms with Crippen LogP contribution >= 0.6 is 0 Å². The fourth-order valence-corrected chi connectivity index (χ4v) is 1.90. The second-order valence-electron chi connectivity index (χ2n) is 4.38. The van der Waals surface area contributed by atoms with Crippen LogP contribution in [-0.4, -0.2) is 5.11 Å². The summed E-state index contributed by atoms with van der Waals surface area (Å²) in [7, 11) is 0. The quantitative estimate of drug-likeness (QED) is 0.894. The molecule has 2 aromatic carbocycles. The van der Waals surface area contributed by atoms with E-state index in [1.54, 1.807) is 6.07 Å². The molecule has 0 bridgehead atoms. The summed E-state index contributed by atoms with van der Waals surface area (Å²) in [5.74, 6) is 0.645. The Morgan fingerprint density at radius 1 is 0.944 bits per heavy atom. The van der Waals surface area contributed by atoms with Gasteiger partial charge in [0.25, 0.3) is 0 Å². The van der Waals surface area contributed by atoms with E-state index in [1.807, 2.05) is 32.0 Å². The largest absolute Gasteiger partial charge is 0.457 e. The summed E-state index contributed by atoms with van der Waals surface area (Å²) in [6.45, 7) is 3.75. The molecule has 0 aliphatic heterocycles.